The highest BCUT2D eigenvalue weighted by Gasteiger charge is 2.36. The molecule has 1 saturated carbocycles. The molecule has 2 aliphatic rings. The van der Waals surface area contributed by atoms with Crippen molar-refractivity contribution in [1.82, 2.24) is 19.5 Å². The lowest BCUT2D eigenvalue weighted by Crippen LogP contribution is -2.32. The standard InChI is InChI=1S/C22H29F3N4O/c1-15-6-8-16(9-7-15)12-17-13-19(22(23,24)25)29-20(26-17)14-18(27-29)21(30)28-10-4-2-3-5-11-28/h13-16H,2-12H2,1H3. The van der Waals surface area contributed by atoms with Crippen LogP contribution in [0.4, 0.5) is 13.2 Å². The first-order valence-electron chi connectivity index (χ1n) is 11.1. The number of fused-ring (bicyclic) bond motifs is 1. The molecule has 1 aliphatic carbocycles. The van der Waals surface area contributed by atoms with Crippen molar-refractivity contribution in [3.05, 3.63) is 29.2 Å². The molecule has 0 N–H and O–H groups in total. The Bertz CT molecular complexity index is 892. The van der Waals surface area contributed by atoms with Crippen molar-refractivity contribution >= 4 is 11.6 Å². The zero-order valence-corrected chi connectivity index (χ0v) is 17.4. The van der Waals surface area contributed by atoms with Gasteiger partial charge in [-0.3, -0.25) is 4.79 Å². The summed E-state index contributed by atoms with van der Waals surface area (Å²) in [6, 6.07) is 2.52. The molecular formula is C22H29F3N4O. The molecule has 5 nitrogen and oxygen atoms in total. The van der Waals surface area contributed by atoms with Crippen LogP contribution in [0.2, 0.25) is 0 Å². The Labute approximate surface area is 174 Å². The molecular weight excluding hydrogens is 393 g/mol. The van der Waals surface area contributed by atoms with Gasteiger partial charge in [-0.1, -0.05) is 32.6 Å². The van der Waals surface area contributed by atoms with Crippen molar-refractivity contribution in [3.63, 3.8) is 0 Å². The monoisotopic (exact) mass is 422 g/mol. The number of halogens is 3. The van der Waals surface area contributed by atoms with Gasteiger partial charge in [0, 0.05) is 24.8 Å². The average molecular weight is 422 g/mol. The van der Waals surface area contributed by atoms with Crippen molar-refractivity contribution in [2.75, 3.05) is 13.1 Å². The van der Waals surface area contributed by atoms with E-state index in [2.05, 4.69) is 17.0 Å². The maximum atomic E-state index is 13.8. The van der Waals surface area contributed by atoms with Crippen LogP contribution in [0, 0.1) is 11.8 Å². The SMILES string of the molecule is CC1CCC(Cc2cc(C(F)(F)F)n3nc(C(=O)N4CCCCCC4)cc3n2)CC1. The average Bonchev–Trinajstić information content (AvgIpc) is 2.93. The molecule has 0 aromatic carbocycles. The zero-order chi connectivity index (χ0) is 21.3. The van der Waals surface area contributed by atoms with E-state index in [4.69, 9.17) is 0 Å². The maximum absolute atomic E-state index is 13.8. The molecule has 0 spiro atoms. The van der Waals surface area contributed by atoms with E-state index in [1.54, 1.807) is 4.90 Å². The summed E-state index contributed by atoms with van der Waals surface area (Å²) >= 11 is 0. The van der Waals surface area contributed by atoms with Crippen molar-refractivity contribution in [2.45, 2.75) is 70.9 Å². The van der Waals surface area contributed by atoms with Crippen molar-refractivity contribution in [1.29, 1.82) is 0 Å². The second kappa shape index (κ2) is 8.55. The summed E-state index contributed by atoms with van der Waals surface area (Å²) < 4.78 is 42.1. The second-order valence-corrected chi connectivity index (χ2v) is 8.97. The summed E-state index contributed by atoms with van der Waals surface area (Å²) in [4.78, 5) is 19.0. The van der Waals surface area contributed by atoms with Gasteiger partial charge in [-0.2, -0.15) is 18.3 Å². The van der Waals surface area contributed by atoms with Crippen LogP contribution in [0.25, 0.3) is 5.65 Å². The van der Waals surface area contributed by atoms with E-state index in [0.717, 1.165) is 61.9 Å². The summed E-state index contributed by atoms with van der Waals surface area (Å²) in [6.07, 6.45) is 4.20. The van der Waals surface area contributed by atoms with Gasteiger partial charge in [-0.25, -0.2) is 9.50 Å². The first kappa shape index (κ1) is 21.1. The summed E-state index contributed by atoms with van der Waals surface area (Å²) in [5, 5.41) is 4.03. The van der Waals surface area contributed by atoms with E-state index in [9.17, 15) is 18.0 Å². The zero-order valence-electron chi connectivity index (χ0n) is 17.4. The number of rotatable bonds is 3. The summed E-state index contributed by atoms with van der Waals surface area (Å²) in [5.74, 6) is 0.738. The molecule has 1 aliphatic heterocycles. The molecule has 0 unspecified atom stereocenters. The quantitative estimate of drug-likeness (QED) is 0.689. The Morgan fingerprint density at radius 1 is 1.07 bits per heavy atom. The third-order valence-corrected chi connectivity index (χ3v) is 6.52. The van der Waals surface area contributed by atoms with E-state index in [0.29, 0.717) is 37.0 Å². The minimum Gasteiger partial charge on any atom is -0.337 e. The van der Waals surface area contributed by atoms with Gasteiger partial charge in [0.05, 0.1) is 0 Å². The van der Waals surface area contributed by atoms with E-state index in [1.807, 2.05) is 0 Å². The van der Waals surface area contributed by atoms with E-state index in [1.165, 1.54) is 6.07 Å². The summed E-state index contributed by atoms with van der Waals surface area (Å²) in [6.45, 7) is 3.46. The highest BCUT2D eigenvalue weighted by atomic mass is 19.4. The van der Waals surface area contributed by atoms with Crippen molar-refractivity contribution in [2.24, 2.45) is 11.8 Å². The van der Waals surface area contributed by atoms with Gasteiger partial charge >= 0.3 is 6.18 Å². The number of amides is 1. The Morgan fingerprint density at radius 3 is 2.37 bits per heavy atom. The molecule has 1 amide bonds. The number of likely N-dealkylation sites (tertiary alicyclic amines) is 1. The Hall–Kier alpha value is -2.12. The summed E-state index contributed by atoms with van der Waals surface area (Å²) in [7, 11) is 0. The van der Waals surface area contributed by atoms with Gasteiger partial charge in [0.2, 0.25) is 0 Å². The fourth-order valence-electron chi connectivity index (χ4n) is 4.70. The molecule has 2 aromatic rings. The van der Waals surface area contributed by atoms with Crippen LogP contribution >= 0.6 is 0 Å². The molecule has 3 heterocycles. The number of carbonyl (C=O) groups excluding carboxylic acids is 1. The molecule has 8 heteroatoms. The molecule has 0 radical (unpaired) electrons. The van der Waals surface area contributed by atoms with Crippen LogP contribution in [-0.2, 0) is 12.6 Å². The van der Waals surface area contributed by atoms with Gasteiger partial charge in [0.25, 0.3) is 5.91 Å². The molecule has 0 atom stereocenters. The van der Waals surface area contributed by atoms with Crippen LogP contribution in [-0.4, -0.2) is 38.5 Å². The largest absolute Gasteiger partial charge is 0.433 e. The van der Waals surface area contributed by atoms with Gasteiger partial charge in [-0.15, -0.1) is 0 Å². The number of hydrogen-bond donors (Lipinski definition) is 0. The van der Waals surface area contributed by atoms with Crippen LogP contribution in [0.5, 0.6) is 0 Å². The molecule has 2 aromatic heterocycles. The van der Waals surface area contributed by atoms with Crippen LogP contribution in [0.3, 0.4) is 0 Å². The normalized spacial score (nSPS) is 23.5. The molecule has 30 heavy (non-hydrogen) atoms. The second-order valence-electron chi connectivity index (χ2n) is 8.97. The lowest BCUT2D eigenvalue weighted by Gasteiger charge is -2.26. The minimum atomic E-state index is -4.56. The Kier molecular flexibility index (Phi) is 6.02. The predicted octanol–water partition coefficient (Wildman–Crippen LogP) is 5.13. The highest BCUT2D eigenvalue weighted by molar-refractivity contribution is 5.93. The predicted molar refractivity (Wildman–Crippen MR) is 107 cm³/mol. The van der Waals surface area contributed by atoms with Crippen LogP contribution in [0.15, 0.2) is 12.1 Å². The van der Waals surface area contributed by atoms with Gasteiger partial charge in [-0.05, 0) is 50.0 Å². The molecule has 0 bridgehead atoms. The van der Waals surface area contributed by atoms with Gasteiger partial charge < -0.3 is 4.90 Å². The number of aromatic nitrogens is 3. The third kappa shape index (κ3) is 4.62. The Balaban J connectivity index is 1.64. The first-order valence-corrected chi connectivity index (χ1v) is 11.1. The third-order valence-electron chi connectivity index (χ3n) is 6.52. The smallest absolute Gasteiger partial charge is 0.337 e. The van der Waals surface area contributed by atoms with Crippen molar-refractivity contribution < 1.29 is 18.0 Å². The van der Waals surface area contributed by atoms with Crippen LogP contribution < -0.4 is 0 Å². The topological polar surface area (TPSA) is 50.5 Å². The lowest BCUT2D eigenvalue weighted by molar-refractivity contribution is -0.142. The van der Waals surface area contributed by atoms with Gasteiger partial charge in [0.1, 0.15) is 5.69 Å². The first-order chi connectivity index (χ1) is 14.3. The van der Waals surface area contributed by atoms with E-state index >= 15 is 0 Å². The number of hydrogen-bond acceptors (Lipinski definition) is 3. The summed E-state index contributed by atoms with van der Waals surface area (Å²) in [5.41, 5.74) is -0.287. The van der Waals surface area contributed by atoms with E-state index < -0.39 is 11.9 Å². The molecule has 164 valence electrons. The lowest BCUT2D eigenvalue weighted by atomic mass is 9.81. The van der Waals surface area contributed by atoms with Crippen LogP contribution in [0.1, 0.15) is 80.2 Å². The number of nitrogens with zero attached hydrogens (tertiary/aromatic N) is 4. The Morgan fingerprint density at radius 2 is 1.73 bits per heavy atom. The molecule has 4 rings (SSSR count). The van der Waals surface area contributed by atoms with E-state index in [-0.39, 0.29) is 17.2 Å². The fourth-order valence-corrected chi connectivity index (χ4v) is 4.70. The van der Waals surface area contributed by atoms with Crippen molar-refractivity contribution in [3.8, 4) is 0 Å². The number of alkyl halides is 3. The number of carbonyl (C=O) groups is 1. The highest BCUT2D eigenvalue weighted by Crippen LogP contribution is 2.33. The maximum Gasteiger partial charge on any atom is 0.433 e. The molecule has 2 fully saturated rings. The fraction of sp³-hybridized carbons (Fsp3) is 0.682. The molecule has 1 saturated heterocycles. The minimum absolute atomic E-state index is 0.0403. The van der Waals surface area contributed by atoms with Gasteiger partial charge in [0.15, 0.2) is 11.3 Å².